The van der Waals surface area contributed by atoms with Crippen molar-refractivity contribution in [3.63, 3.8) is 0 Å². The van der Waals surface area contributed by atoms with E-state index in [1.165, 1.54) is 18.5 Å². The number of rotatable bonds is 5. The van der Waals surface area contributed by atoms with Crippen LogP contribution in [0, 0.1) is 5.82 Å². The van der Waals surface area contributed by atoms with E-state index in [0.29, 0.717) is 17.3 Å². The lowest BCUT2D eigenvalue weighted by molar-refractivity contribution is -0.0227. The molecule has 7 heteroatoms. The van der Waals surface area contributed by atoms with Gasteiger partial charge in [-0.2, -0.15) is 0 Å². The van der Waals surface area contributed by atoms with Crippen molar-refractivity contribution in [2.75, 3.05) is 12.4 Å². The van der Waals surface area contributed by atoms with E-state index in [0.717, 1.165) is 36.7 Å². The fraction of sp³-hybridized carbons (Fsp3) is 0.400. The van der Waals surface area contributed by atoms with Crippen LogP contribution in [0.25, 0.3) is 11.0 Å². The van der Waals surface area contributed by atoms with Crippen molar-refractivity contribution >= 4 is 22.5 Å². The molecule has 2 aromatic heterocycles. The van der Waals surface area contributed by atoms with Crippen molar-refractivity contribution in [3.05, 3.63) is 42.6 Å². The smallest absolute Gasteiger partial charge is 0.158 e. The molecular formula is C20H23FN4O2. The van der Waals surface area contributed by atoms with E-state index in [2.05, 4.69) is 15.3 Å². The Balaban J connectivity index is 1.66. The largest absolute Gasteiger partial charge is 0.485 e. The zero-order valence-electron chi connectivity index (χ0n) is 15.5. The van der Waals surface area contributed by atoms with Crippen LogP contribution in [-0.4, -0.2) is 33.9 Å². The van der Waals surface area contributed by atoms with E-state index in [-0.39, 0.29) is 18.0 Å². The number of hydrogen-bond donors (Lipinski definition) is 1. The first-order chi connectivity index (χ1) is 13.2. The van der Waals surface area contributed by atoms with Crippen LogP contribution in [0.1, 0.15) is 25.7 Å². The molecule has 1 fully saturated rings. The van der Waals surface area contributed by atoms with E-state index < -0.39 is 0 Å². The summed E-state index contributed by atoms with van der Waals surface area (Å²) >= 11 is 0. The molecule has 3 aromatic rings. The monoisotopic (exact) mass is 370 g/mol. The van der Waals surface area contributed by atoms with Gasteiger partial charge in [0.1, 0.15) is 29.5 Å². The third-order valence-electron chi connectivity index (χ3n) is 5.08. The highest BCUT2D eigenvalue weighted by Crippen LogP contribution is 2.34. The minimum absolute atomic E-state index is 0.0218. The molecule has 1 aliphatic carbocycles. The number of aryl methyl sites for hydroxylation is 1. The van der Waals surface area contributed by atoms with E-state index >= 15 is 0 Å². The van der Waals surface area contributed by atoms with Gasteiger partial charge in [-0.1, -0.05) is 6.42 Å². The number of fused-ring (bicyclic) bond motifs is 1. The number of benzene rings is 1. The van der Waals surface area contributed by atoms with Gasteiger partial charge in [0.2, 0.25) is 0 Å². The maximum atomic E-state index is 13.9. The second-order valence-electron chi connectivity index (χ2n) is 6.86. The van der Waals surface area contributed by atoms with Crippen molar-refractivity contribution in [2.45, 2.75) is 37.9 Å². The number of halogens is 1. The van der Waals surface area contributed by atoms with Crippen LogP contribution in [0.3, 0.4) is 0 Å². The molecule has 142 valence electrons. The van der Waals surface area contributed by atoms with Crippen LogP contribution in [0.2, 0.25) is 0 Å². The highest BCUT2D eigenvalue weighted by atomic mass is 19.1. The Labute approximate surface area is 157 Å². The lowest BCUT2D eigenvalue weighted by atomic mass is 9.94. The second kappa shape index (κ2) is 7.52. The molecule has 0 unspecified atom stereocenters. The summed E-state index contributed by atoms with van der Waals surface area (Å²) in [7, 11) is 3.63. The number of methoxy groups -OCH3 is 1. The number of hydrogen-bond acceptors (Lipinski definition) is 5. The first kappa shape index (κ1) is 17.7. The van der Waals surface area contributed by atoms with Crippen LogP contribution in [0.4, 0.5) is 15.9 Å². The zero-order chi connectivity index (χ0) is 18.8. The summed E-state index contributed by atoms with van der Waals surface area (Å²) in [4.78, 5) is 8.64. The predicted octanol–water partition coefficient (Wildman–Crippen LogP) is 4.19. The zero-order valence-corrected chi connectivity index (χ0v) is 15.5. The Morgan fingerprint density at radius 2 is 1.96 bits per heavy atom. The van der Waals surface area contributed by atoms with E-state index in [9.17, 15) is 4.39 Å². The summed E-state index contributed by atoms with van der Waals surface area (Å²) in [6.07, 6.45) is 7.42. The molecule has 1 aliphatic rings. The minimum atomic E-state index is -0.341. The summed E-state index contributed by atoms with van der Waals surface area (Å²) in [5.74, 6) is 0.771. The average Bonchev–Trinajstić information content (AvgIpc) is 3.06. The van der Waals surface area contributed by atoms with E-state index in [4.69, 9.17) is 9.47 Å². The molecule has 0 saturated heterocycles. The summed E-state index contributed by atoms with van der Waals surface area (Å²) in [6.45, 7) is 0. The SMILES string of the molecule is CO[C@@H]1CCCC[C@H]1Oc1cc(F)ccc1Nc1ncnc2ccn(C)c12. The summed E-state index contributed by atoms with van der Waals surface area (Å²) < 4.78 is 27.6. The molecule has 27 heavy (non-hydrogen) atoms. The number of nitrogens with zero attached hydrogens (tertiary/aromatic N) is 3. The Kier molecular flexibility index (Phi) is 4.94. The van der Waals surface area contributed by atoms with Crippen LogP contribution in [0.5, 0.6) is 5.75 Å². The van der Waals surface area contributed by atoms with Gasteiger partial charge >= 0.3 is 0 Å². The van der Waals surface area contributed by atoms with Gasteiger partial charge in [0.05, 0.1) is 17.3 Å². The van der Waals surface area contributed by atoms with Crippen molar-refractivity contribution < 1.29 is 13.9 Å². The van der Waals surface area contributed by atoms with Crippen molar-refractivity contribution in [1.29, 1.82) is 0 Å². The summed E-state index contributed by atoms with van der Waals surface area (Å²) in [6, 6.07) is 6.42. The number of nitrogens with one attached hydrogen (secondary N) is 1. The topological polar surface area (TPSA) is 61.2 Å². The van der Waals surface area contributed by atoms with Gasteiger partial charge in [0.25, 0.3) is 0 Å². The minimum Gasteiger partial charge on any atom is -0.485 e. The molecule has 0 amide bonds. The van der Waals surface area contributed by atoms with Gasteiger partial charge in [-0.05, 0) is 37.5 Å². The van der Waals surface area contributed by atoms with Crippen molar-refractivity contribution in [3.8, 4) is 5.75 Å². The molecule has 0 radical (unpaired) electrons. The summed E-state index contributed by atoms with van der Waals surface area (Å²) in [5, 5.41) is 3.29. The molecule has 2 atom stereocenters. The lowest BCUT2D eigenvalue weighted by Crippen LogP contribution is -2.36. The molecule has 0 aliphatic heterocycles. The van der Waals surface area contributed by atoms with Gasteiger partial charge in [0, 0.05) is 26.4 Å². The molecule has 1 N–H and O–H groups in total. The quantitative estimate of drug-likeness (QED) is 0.730. The molecule has 2 heterocycles. The Morgan fingerprint density at radius 1 is 1.15 bits per heavy atom. The normalized spacial score (nSPS) is 20.0. The second-order valence-corrected chi connectivity index (χ2v) is 6.86. The predicted molar refractivity (Wildman–Crippen MR) is 102 cm³/mol. The third kappa shape index (κ3) is 3.60. The van der Waals surface area contributed by atoms with Crippen LogP contribution in [0.15, 0.2) is 36.8 Å². The first-order valence-corrected chi connectivity index (χ1v) is 9.18. The van der Waals surface area contributed by atoms with Gasteiger partial charge in [0.15, 0.2) is 5.82 Å². The third-order valence-corrected chi connectivity index (χ3v) is 5.08. The lowest BCUT2D eigenvalue weighted by Gasteiger charge is -2.31. The van der Waals surface area contributed by atoms with Gasteiger partial charge in [-0.3, -0.25) is 0 Å². The molecular weight excluding hydrogens is 347 g/mol. The fourth-order valence-electron chi connectivity index (χ4n) is 3.67. The maximum absolute atomic E-state index is 13.9. The van der Waals surface area contributed by atoms with Gasteiger partial charge in [-0.25, -0.2) is 14.4 Å². The Bertz CT molecular complexity index is 943. The van der Waals surface area contributed by atoms with Crippen LogP contribution < -0.4 is 10.1 Å². The molecule has 0 bridgehead atoms. The number of aromatic nitrogens is 3. The fourth-order valence-corrected chi connectivity index (χ4v) is 3.67. The van der Waals surface area contributed by atoms with Crippen molar-refractivity contribution in [2.24, 2.45) is 7.05 Å². The van der Waals surface area contributed by atoms with E-state index in [1.54, 1.807) is 13.2 Å². The van der Waals surface area contributed by atoms with Gasteiger partial charge < -0.3 is 19.4 Å². The highest BCUT2D eigenvalue weighted by Gasteiger charge is 2.27. The van der Waals surface area contributed by atoms with Crippen LogP contribution in [-0.2, 0) is 11.8 Å². The average molecular weight is 370 g/mol. The molecule has 4 rings (SSSR count). The van der Waals surface area contributed by atoms with E-state index in [1.807, 2.05) is 23.9 Å². The molecule has 6 nitrogen and oxygen atoms in total. The Morgan fingerprint density at radius 3 is 2.78 bits per heavy atom. The Hall–Kier alpha value is -2.67. The van der Waals surface area contributed by atoms with Crippen LogP contribution >= 0.6 is 0 Å². The molecule has 1 saturated carbocycles. The highest BCUT2D eigenvalue weighted by molar-refractivity contribution is 5.88. The van der Waals surface area contributed by atoms with Gasteiger partial charge in [-0.15, -0.1) is 0 Å². The molecule has 1 aromatic carbocycles. The van der Waals surface area contributed by atoms with Crippen molar-refractivity contribution in [1.82, 2.24) is 14.5 Å². The maximum Gasteiger partial charge on any atom is 0.158 e. The number of ether oxygens (including phenoxy) is 2. The number of anilines is 2. The standard InChI is InChI=1S/C20H23FN4O2/c1-25-10-9-15-19(25)20(23-12-22-15)24-14-8-7-13(21)11-18(14)27-17-6-4-3-5-16(17)26-2/h7-12,16-17H,3-6H2,1-2H3,(H,22,23,24)/t16-,17-/m1/s1. The first-order valence-electron chi connectivity index (χ1n) is 9.18. The summed E-state index contributed by atoms with van der Waals surface area (Å²) in [5.41, 5.74) is 2.38. The molecule has 0 spiro atoms.